The average Bonchev–Trinajstić information content (AvgIpc) is 3.28. The monoisotopic (exact) mass is 273 g/mol. The highest BCUT2D eigenvalue weighted by Gasteiger charge is 2.35. The van der Waals surface area contributed by atoms with Crippen LogP contribution in [0.15, 0.2) is 30.3 Å². The predicted octanol–water partition coefficient (Wildman–Crippen LogP) is 1.47. The van der Waals surface area contributed by atoms with Crippen LogP contribution in [-0.4, -0.2) is 25.0 Å². The van der Waals surface area contributed by atoms with Crippen LogP contribution in [0, 0.1) is 0 Å². The minimum absolute atomic E-state index is 0.0186. The lowest BCUT2D eigenvalue weighted by Gasteiger charge is -2.27. The van der Waals surface area contributed by atoms with Gasteiger partial charge in [0.25, 0.3) is 5.91 Å². The quantitative estimate of drug-likeness (QED) is 0.856. The van der Waals surface area contributed by atoms with Crippen molar-refractivity contribution in [3.05, 3.63) is 35.9 Å². The third kappa shape index (κ3) is 3.40. The van der Waals surface area contributed by atoms with Gasteiger partial charge < -0.3 is 10.2 Å². The molecule has 1 aliphatic heterocycles. The number of carbonyl (C=O) groups excluding carboxylic acids is 1. The van der Waals surface area contributed by atoms with Crippen LogP contribution in [0.1, 0.15) is 50.1 Å². The molecule has 20 heavy (non-hydrogen) atoms. The minimum atomic E-state index is -0.0186. The number of benzene rings is 1. The first-order valence-corrected chi connectivity index (χ1v) is 8.04. The van der Waals surface area contributed by atoms with Crippen LogP contribution in [0.4, 0.5) is 0 Å². The lowest BCUT2D eigenvalue weighted by molar-refractivity contribution is -0.921. The Labute approximate surface area is 121 Å². The Hall–Kier alpha value is -1.35. The molecule has 0 radical (unpaired) electrons. The second-order valence-electron chi connectivity index (χ2n) is 6.20. The lowest BCUT2D eigenvalue weighted by atomic mass is 10.0. The van der Waals surface area contributed by atoms with Crippen molar-refractivity contribution in [2.45, 2.75) is 50.6 Å². The maximum atomic E-state index is 12.7. The van der Waals surface area contributed by atoms with Gasteiger partial charge in [0, 0.05) is 11.6 Å². The van der Waals surface area contributed by atoms with Crippen LogP contribution in [0.5, 0.6) is 0 Å². The summed E-state index contributed by atoms with van der Waals surface area (Å²) >= 11 is 0. The van der Waals surface area contributed by atoms with Crippen LogP contribution in [0.2, 0.25) is 0 Å². The summed E-state index contributed by atoms with van der Waals surface area (Å²) in [6.45, 7) is 2.25. The van der Waals surface area contributed by atoms with Gasteiger partial charge in [0.2, 0.25) is 0 Å². The first kappa shape index (κ1) is 13.6. The van der Waals surface area contributed by atoms with Crippen molar-refractivity contribution in [3.8, 4) is 0 Å². The first-order chi connectivity index (χ1) is 9.84. The second-order valence-corrected chi connectivity index (χ2v) is 6.20. The van der Waals surface area contributed by atoms with E-state index in [2.05, 4.69) is 17.4 Å². The highest BCUT2D eigenvalue weighted by atomic mass is 16.2. The normalized spacial score (nSPS) is 22.0. The molecule has 3 rings (SSSR count). The Bertz CT molecular complexity index is 434. The van der Waals surface area contributed by atoms with Gasteiger partial charge in [-0.05, 0) is 38.5 Å². The van der Waals surface area contributed by atoms with Crippen molar-refractivity contribution >= 4 is 5.91 Å². The third-order valence-electron chi connectivity index (χ3n) is 4.47. The predicted molar refractivity (Wildman–Crippen MR) is 79.5 cm³/mol. The van der Waals surface area contributed by atoms with E-state index in [9.17, 15) is 4.79 Å². The number of hydrogen-bond donors (Lipinski definition) is 2. The molecule has 0 bridgehead atoms. The topological polar surface area (TPSA) is 33.5 Å². The van der Waals surface area contributed by atoms with Crippen molar-refractivity contribution < 1.29 is 9.69 Å². The van der Waals surface area contributed by atoms with Crippen LogP contribution in [0.25, 0.3) is 0 Å². The van der Waals surface area contributed by atoms with Crippen molar-refractivity contribution in [2.75, 3.05) is 13.1 Å². The zero-order chi connectivity index (χ0) is 13.8. The van der Waals surface area contributed by atoms with E-state index in [1.54, 1.807) is 0 Å². The highest BCUT2D eigenvalue weighted by molar-refractivity contribution is 5.82. The highest BCUT2D eigenvalue weighted by Crippen LogP contribution is 2.20. The van der Waals surface area contributed by atoms with E-state index in [-0.39, 0.29) is 11.9 Å². The van der Waals surface area contributed by atoms with E-state index in [1.807, 2.05) is 18.2 Å². The van der Waals surface area contributed by atoms with Gasteiger partial charge >= 0.3 is 0 Å². The Balaban J connectivity index is 1.79. The molecule has 0 spiro atoms. The SMILES string of the molecule is O=C(NC1CC1)[C@@H](c1ccccc1)[NH+]1CCCCCC1. The summed E-state index contributed by atoms with van der Waals surface area (Å²) in [5, 5.41) is 3.21. The van der Waals surface area contributed by atoms with Crippen molar-refractivity contribution in [1.82, 2.24) is 5.32 Å². The number of likely N-dealkylation sites (tertiary alicyclic amines) is 1. The molecule has 3 nitrogen and oxygen atoms in total. The van der Waals surface area contributed by atoms with E-state index in [0.29, 0.717) is 6.04 Å². The number of amides is 1. The molecule has 1 saturated carbocycles. The Morgan fingerprint density at radius 2 is 1.70 bits per heavy atom. The average molecular weight is 273 g/mol. The third-order valence-corrected chi connectivity index (χ3v) is 4.47. The van der Waals surface area contributed by atoms with Crippen molar-refractivity contribution in [2.24, 2.45) is 0 Å². The van der Waals surface area contributed by atoms with Gasteiger partial charge in [-0.1, -0.05) is 30.3 Å². The molecule has 108 valence electrons. The Morgan fingerprint density at radius 1 is 1.05 bits per heavy atom. The van der Waals surface area contributed by atoms with Crippen molar-refractivity contribution in [3.63, 3.8) is 0 Å². The molecule has 1 aliphatic carbocycles. The summed E-state index contributed by atoms with van der Waals surface area (Å²) in [6, 6.07) is 10.8. The molecule has 2 aliphatic rings. The maximum Gasteiger partial charge on any atom is 0.283 e. The number of quaternary nitrogens is 1. The van der Waals surface area contributed by atoms with E-state index in [1.165, 1.54) is 36.1 Å². The number of hydrogen-bond acceptors (Lipinski definition) is 1. The molecule has 0 aromatic heterocycles. The molecule has 2 N–H and O–H groups in total. The summed E-state index contributed by atoms with van der Waals surface area (Å²) in [4.78, 5) is 14.1. The zero-order valence-electron chi connectivity index (χ0n) is 12.1. The van der Waals surface area contributed by atoms with Gasteiger partial charge in [-0.25, -0.2) is 0 Å². The second kappa shape index (κ2) is 6.40. The summed E-state index contributed by atoms with van der Waals surface area (Å²) in [5.41, 5.74) is 1.17. The van der Waals surface area contributed by atoms with Gasteiger partial charge in [-0.3, -0.25) is 4.79 Å². The zero-order valence-corrected chi connectivity index (χ0v) is 12.1. The van der Waals surface area contributed by atoms with Crippen LogP contribution in [0.3, 0.4) is 0 Å². The lowest BCUT2D eigenvalue weighted by Crippen LogP contribution is -3.13. The molecule has 1 atom stereocenters. The molecule has 1 heterocycles. The first-order valence-electron chi connectivity index (χ1n) is 8.04. The van der Waals surface area contributed by atoms with Crippen LogP contribution < -0.4 is 10.2 Å². The van der Waals surface area contributed by atoms with Crippen LogP contribution >= 0.6 is 0 Å². The van der Waals surface area contributed by atoms with Gasteiger partial charge in [-0.2, -0.15) is 0 Å². The van der Waals surface area contributed by atoms with Gasteiger partial charge in [-0.15, -0.1) is 0 Å². The summed E-state index contributed by atoms with van der Waals surface area (Å²) < 4.78 is 0. The van der Waals surface area contributed by atoms with Gasteiger partial charge in [0.1, 0.15) is 0 Å². The minimum Gasteiger partial charge on any atom is -0.348 e. The smallest absolute Gasteiger partial charge is 0.283 e. The van der Waals surface area contributed by atoms with Crippen molar-refractivity contribution in [1.29, 1.82) is 0 Å². The van der Waals surface area contributed by atoms with E-state index >= 15 is 0 Å². The van der Waals surface area contributed by atoms with Crippen LogP contribution in [-0.2, 0) is 4.79 Å². The molecule has 2 fully saturated rings. The summed E-state index contributed by atoms with van der Waals surface area (Å²) in [5.74, 6) is 0.232. The molecule has 1 aromatic carbocycles. The number of carbonyl (C=O) groups is 1. The number of nitrogens with one attached hydrogen (secondary N) is 2. The molecular weight excluding hydrogens is 248 g/mol. The maximum absolute atomic E-state index is 12.7. The molecule has 3 heteroatoms. The summed E-state index contributed by atoms with van der Waals surface area (Å²) in [6.07, 6.45) is 7.43. The molecular formula is C17H25N2O+. The van der Waals surface area contributed by atoms with E-state index < -0.39 is 0 Å². The molecule has 1 saturated heterocycles. The summed E-state index contributed by atoms with van der Waals surface area (Å²) in [7, 11) is 0. The van der Waals surface area contributed by atoms with Gasteiger partial charge in [0.05, 0.1) is 13.1 Å². The Morgan fingerprint density at radius 3 is 2.30 bits per heavy atom. The largest absolute Gasteiger partial charge is 0.348 e. The fourth-order valence-electron chi connectivity index (χ4n) is 3.20. The molecule has 0 unspecified atom stereocenters. The van der Waals surface area contributed by atoms with E-state index in [4.69, 9.17) is 0 Å². The van der Waals surface area contributed by atoms with E-state index in [0.717, 1.165) is 25.9 Å². The number of rotatable bonds is 4. The fourth-order valence-corrected chi connectivity index (χ4v) is 3.20. The molecule has 1 aromatic rings. The molecule has 1 amide bonds. The Kier molecular flexibility index (Phi) is 4.36. The fraction of sp³-hybridized carbons (Fsp3) is 0.588. The van der Waals surface area contributed by atoms with Gasteiger partial charge in [0.15, 0.2) is 6.04 Å². The standard InChI is InChI=1S/C17H24N2O/c20-17(18-15-10-11-15)16(14-8-4-3-5-9-14)19-12-6-1-2-7-13-19/h3-5,8-9,15-16H,1-2,6-7,10-13H2,(H,18,20)/p+1/t16-/m1/s1.